The van der Waals surface area contributed by atoms with Crippen LogP contribution in [0.5, 0.6) is 0 Å². The summed E-state index contributed by atoms with van der Waals surface area (Å²) in [5.74, 6) is 0. The van der Waals surface area contributed by atoms with Crippen LogP contribution in [-0.2, 0) is 5.41 Å². The Kier molecular flexibility index (Phi) is 8.11. The molecule has 0 unspecified atom stereocenters. The van der Waals surface area contributed by atoms with Gasteiger partial charge in [-0.05, 0) is 86.3 Å². The number of nitrogens with zero attached hydrogens (tertiary/aromatic N) is 1. The Labute approximate surface area is 355 Å². The average Bonchev–Trinajstić information content (AvgIpc) is 3.87. The second kappa shape index (κ2) is 14.1. The Morgan fingerprint density at radius 2 is 0.902 bits per heavy atom. The molecule has 0 N–H and O–H groups in total. The van der Waals surface area contributed by atoms with Crippen molar-refractivity contribution < 1.29 is 4.42 Å². The number of hydrogen-bond donors (Lipinski definition) is 0. The molecule has 0 saturated carbocycles. The van der Waals surface area contributed by atoms with Crippen LogP contribution < -0.4 is 4.90 Å². The van der Waals surface area contributed by atoms with Crippen molar-refractivity contribution >= 4 is 49.8 Å². The highest BCUT2D eigenvalue weighted by Gasteiger charge is 2.46. The van der Waals surface area contributed by atoms with Gasteiger partial charge in [0.2, 0.25) is 0 Å². The Hall–Kier alpha value is -7.94. The Bertz CT molecular complexity index is 3370. The van der Waals surface area contributed by atoms with Crippen molar-refractivity contribution in [3.05, 3.63) is 259 Å². The maximum Gasteiger partial charge on any atom is 0.143 e. The summed E-state index contributed by atoms with van der Waals surface area (Å²) < 4.78 is 6.48. The van der Waals surface area contributed by atoms with Crippen molar-refractivity contribution in [1.82, 2.24) is 0 Å². The van der Waals surface area contributed by atoms with Gasteiger partial charge in [-0.25, -0.2) is 0 Å². The van der Waals surface area contributed by atoms with Gasteiger partial charge in [0.1, 0.15) is 11.2 Å². The standard InChI is InChI=1S/C59H39NO/c1-3-19-43(20-4-1)59(44-21-5-2-6-22-44)53-29-12-9-25-49(53)50-38-35-42(39-54(50)59)47-24-10-13-30-55(47)60(56-31-15-18-40-17-7-8-23-46(40)56)45-36-33-41(34-37-45)48-27-16-28-52-51-26-11-14-32-57(51)61-58(48)52/h1-39H. The summed E-state index contributed by atoms with van der Waals surface area (Å²) in [4.78, 5) is 2.44. The molecule has 1 aromatic heterocycles. The zero-order valence-corrected chi connectivity index (χ0v) is 33.4. The molecular formula is C59H39NO. The van der Waals surface area contributed by atoms with Crippen LogP contribution >= 0.6 is 0 Å². The Morgan fingerprint density at radius 1 is 0.344 bits per heavy atom. The van der Waals surface area contributed by atoms with E-state index in [0.29, 0.717) is 0 Å². The van der Waals surface area contributed by atoms with Crippen molar-refractivity contribution in [2.75, 3.05) is 4.90 Å². The van der Waals surface area contributed by atoms with Gasteiger partial charge in [0, 0.05) is 33.0 Å². The van der Waals surface area contributed by atoms with Gasteiger partial charge in [0.25, 0.3) is 0 Å². The van der Waals surface area contributed by atoms with E-state index in [1.807, 2.05) is 12.1 Å². The summed E-state index contributed by atoms with van der Waals surface area (Å²) in [5.41, 5.74) is 16.8. The SMILES string of the molecule is c1ccc(C2(c3ccccc3)c3ccccc3-c3ccc(-c4ccccc4N(c4ccc(-c5cccc6c5oc5ccccc56)cc4)c4cccc5ccccc45)cc32)cc1. The molecule has 0 saturated heterocycles. The highest BCUT2D eigenvalue weighted by atomic mass is 16.3. The molecule has 1 heterocycles. The number of para-hydroxylation sites is 3. The van der Waals surface area contributed by atoms with E-state index in [1.54, 1.807) is 0 Å². The third kappa shape index (κ3) is 5.43. The lowest BCUT2D eigenvalue weighted by molar-refractivity contribution is 0.670. The maximum atomic E-state index is 6.48. The normalized spacial score (nSPS) is 12.7. The quantitative estimate of drug-likeness (QED) is 0.160. The monoisotopic (exact) mass is 777 g/mol. The highest BCUT2D eigenvalue weighted by Crippen LogP contribution is 2.57. The van der Waals surface area contributed by atoms with E-state index in [1.165, 1.54) is 44.2 Å². The summed E-state index contributed by atoms with van der Waals surface area (Å²) in [6.45, 7) is 0. The minimum atomic E-state index is -0.493. The largest absolute Gasteiger partial charge is 0.455 e. The van der Waals surface area contributed by atoms with Crippen LogP contribution in [0.3, 0.4) is 0 Å². The third-order valence-electron chi connectivity index (χ3n) is 12.8. The van der Waals surface area contributed by atoms with Gasteiger partial charge in [0.15, 0.2) is 0 Å². The van der Waals surface area contributed by atoms with Gasteiger partial charge in [-0.3, -0.25) is 0 Å². The molecule has 61 heavy (non-hydrogen) atoms. The lowest BCUT2D eigenvalue weighted by Crippen LogP contribution is -2.28. The summed E-state index contributed by atoms with van der Waals surface area (Å²) in [6, 6.07) is 86.1. The van der Waals surface area contributed by atoms with Crippen LogP contribution in [0.15, 0.2) is 241 Å². The second-order valence-corrected chi connectivity index (χ2v) is 16.0. The van der Waals surface area contributed by atoms with Gasteiger partial charge >= 0.3 is 0 Å². The predicted octanol–water partition coefficient (Wildman–Crippen LogP) is 15.9. The lowest BCUT2D eigenvalue weighted by Gasteiger charge is -2.34. The van der Waals surface area contributed by atoms with Gasteiger partial charge in [-0.2, -0.15) is 0 Å². The molecule has 2 nitrogen and oxygen atoms in total. The first-order chi connectivity index (χ1) is 30.3. The van der Waals surface area contributed by atoms with Gasteiger partial charge in [0.05, 0.1) is 16.8 Å². The average molecular weight is 778 g/mol. The molecule has 0 amide bonds. The van der Waals surface area contributed by atoms with E-state index in [0.717, 1.165) is 61.3 Å². The van der Waals surface area contributed by atoms with E-state index in [2.05, 4.69) is 229 Å². The van der Waals surface area contributed by atoms with Crippen molar-refractivity contribution in [2.45, 2.75) is 5.41 Å². The third-order valence-corrected chi connectivity index (χ3v) is 12.8. The molecule has 0 aliphatic heterocycles. The number of benzene rings is 10. The van der Waals surface area contributed by atoms with Gasteiger partial charge in [-0.15, -0.1) is 0 Å². The molecule has 11 aromatic rings. The first-order valence-corrected chi connectivity index (χ1v) is 21.0. The maximum absolute atomic E-state index is 6.48. The molecule has 2 heteroatoms. The van der Waals surface area contributed by atoms with Crippen LogP contribution in [0, 0.1) is 0 Å². The molecule has 0 fully saturated rings. The Morgan fingerprint density at radius 3 is 1.70 bits per heavy atom. The number of anilines is 3. The first kappa shape index (κ1) is 35.0. The predicted molar refractivity (Wildman–Crippen MR) is 254 cm³/mol. The molecule has 286 valence electrons. The minimum Gasteiger partial charge on any atom is -0.455 e. The summed E-state index contributed by atoms with van der Waals surface area (Å²) in [7, 11) is 0. The fourth-order valence-corrected chi connectivity index (χ4v) is 10.1. The van der Waals surface area contributed by atoms with Crippen LogP contribution in [-0.4, -0.2) is 0 Å². The molecule has 0 atom stereocenters. The van der Waals surface area contributed by atoms with Crippen molar-refractivity contribution in [3.63, 3.8) is 0 Å². The van der Waals surface area contributed by atoms with Crippen LogP contribution in [0.1, 0.15) is 22.3 Å². The number of hydrogen-bond acceptors (Lipinski definition) is 2. The topological polar surface area (TPSA) is 16.4 Å². The minimum absolute atomic E-state index is 0.493. The van der Waals surface area contributed by atoms with Crippen molar-refractivity contribution in [3.8, 4) is 33.4 Å². The highest BCUT2D eigenvalue weighted by molar-refractivity contribution is 6.10. The fraction of sp³-hybridized carbons (Fsp3) is 0.0169. The Balaban J connectivity index is 1.06. The second-order valence-electron chi connectivity index (χ2n) is 16.0. The van der Waals surface area contributed by atoms with Crippen molar-refractivity contribution in [2.24, 2.45) is 0 Å². The number of furan rings is 1. The van der Waals surface area contributed by atoms with Crippen LogP contribution in [0.25, 0.3) is 66.1 Å². The van der Waals surface area contributed by atoms with E-state index in [4.69, 9.17) is 4.42 Å². The van der Waals surface area contributed by atoms with E-state index in [-0.39, 0.29) is 0 Å². The van der Waals surface area contributed by atoms with E-state index >= 15 is 0 Å². The molecule has 12 rings (SSSR count). The molecule has 10 aromatic carbocycles. The lowest BCUT2D eigenvalue weighted by atomic mass is 9.67. The molecule has 0 bridgehead atoms. The summed E-state index contributed by atoms with van der Waals surface area (Å²) in [6.07, 6.45) is 0. The first-order valence-electron chi connectivity index (χ1n) is 21.0. The summed E-state index contributed by atoms with van der Waals surface area (Å²) >= 11 is 0. The fourth-order valence-electron chi connectivity index (χ4n) is 10.1. The zero-order chi connectivity index (χ0) is 40.3. The molecule has 0 spiro atoms. The van der Waals surface area contributed by atoms with Crippen LogP contribution in [0.2, 0.25) is 0 Å². The smallest absolute Gasteiger partial charge is 0.143 e. The zero-order valence-electron chi connectivity index (χ0n) is 33.4. The van der Waals surface area contributed by atoms with Crippen molar-refractivity contribution in [1.29, 1.82) is 0 Å². The molecule has 1 aliphatic carbocycles. The number of fused-ring (bicyclic) bond motifs is 7. The van der Waals surface area contributed by atoms with Crippen LogP contribution in [0.4, 0.5) is 17.1 Å². The van der Waals surface area contributed by atoms with E-state index < -0.39 is 5.41 Å². The molecule has 1 aliphatic rings. The van der Waals surface area contributed by atoms with Gasteiger partial charge in [-0.1, -0.05) is 200 Å². The number of rotatable bonds is 7. The van der Waals surface area contributed by atoms with E-state index in [9.17, 15) is 0 Å². The van der Waals surface area contributed by atoms with Gasteiger partial charge < -0.3 is 9.32 Å². The molecular weight excluding hydrogens is 739 g/mol. The molecule has 0 radical (unpaired) electrons. The summed E-state index contributed by atoms with van der Waals surface area (Å²) in [5, 5.41) is 4.65.